The van der Waals surface area contributed by atoms with Gasteiger partial charge in [-0.2, -0.15) is 0 Å². The molecule has 2 saturated heterocycles. The van der Waals surface area contributed by atoms with E-state index in [0.717, 1.165) is 63.4 Å². The predicted octanol–water partition coefficient (Wildman–Crippen LogP) is 3.81. The van der Waals surface area contributed by atoms with E-state index in [1.165, 1.54) is 5.69 Å². The number of phenolic OH excluding ortho intramolecular Hbond substituents is 1. The summed E-state index contributed by atoms with van der Waals surface area (Å²) >= 11 is 0. The van der Waals surface area contributed by atoms with Crippen molar-refractivity contribution in [3.05, 3.63) is 48.5 Å². The van der Waals surface area contributed by atoms with Gasteiger partial charge in [0.25, 0.3) is 0 Å². The van der Waals surface area contributed by atoms with Crippen molar-refractivity contribution in [2.24, 2.45) is 0 Å². The van der Waals surface area contributed by atoms with Crippen LogP contribution in [0.1, 0.15) is 26.2 Å². The number of carbonyl (C=O) groups excluding carboxylic acids is 1. The van der Waals surface area contributed by atoms with Crippen molar-refractivity contribution in [2.75, 3.05) is 47.4 Å². The number of urea groups is 1. The first-order valence-corrected chi connectivity index (χ1v) is 10.6. The Kier molecular flexibility index (Phi) is 5.79. The molecule has 2 aromatic carbocycles. The largest absolute Gasteiger partial charge is 0.508 e. The maximum Gasteiger partial charge on any atom is 0.322 e. The molecule has 0 aliphatic carbocycles. The van der Waals surface area contributed by atoms with Gasteiger partial charge in [-0.3, -0.25) is 4.90 Å². The van der Waals surface area contributed by atoms with Crippen LogP contribution in [0.3, 0.4) is 0 Å². The third-order valence-corrected chi connectivity index (χ3v) is 5.95. The van der Waals surface area contributed by atoms with Crippen LogP contribution in [0.4, 0.5) is 21.9 Å². The zero-order valence-electron chi connectivity index (χ0n) is 17.1. The lowest BCUT2D eigenvalue weighted by Crippen LogP contribution is -2.46. The average molecular weight is 395 g/mol. The molecule has 29 heavy (non-hydrogen) atoms. The average Bonchev–Trinajstić information content (AvgIpc) is 3.13. The van der Waals surface area contributed by atoms with Crippen molar-refractivity contribution in [1.82, 2.24) is 5.32 Å². The number of amides is 2. The van der Waals surface area contributed by atoms with Crippen LogP contribution in [0, 0.1) is 0 Å². The molecule has 0 bridgehead atoms. The highest BCUT2D eigenvalue weighted by Gasteiger charge is 2.31. The molecule has 6 heteroatoms. The molecule has 2 aliphatic heterocycles. The van der Waals surface area contributed by atoms with Gasteiger partial charge >= 0.3 is 6.03 Å². The van der Waals surface area contributed by atoms with Gasteiger partial charge in [-0.25, -0.2) is 4.79 Å². The lowest BCUT2D eigenvalue weighted by atomic mass is 10.1. The molecule has 0 spiro atoms. The van der Waals surface area contributed by atoms with E-state index in [1.54, 1.807) is 12.1 Å². The number of piperazine rings is 1. The second kappa shape index (κ2) is 8.64. The highest BCUT2D eigenvalue weighted by Crippen LogP contribution is 2.27. The summed E-state index contributed by atoms with van der Waals surface area (Å²) in [6.07, 6.45) is 3.32. The molecule has 154 valence electrons. The lowest BCUT2D eigenvalue weighted by Gasteiger charge is -2.37. The Balaban J connectivity index is 1.38. The highest BCUT2D eigenvalue weighted by atomic mass is 16.3. The molecule has 1 atom stereocenters. The number of phenols is 1. The van der Waals surface area contributed by atoms with Gasteiger partial charge in [0.2, 0.25) is 0 Å². The monoisotopic (exact) mass is 394 g/mol. The number of nitrogens with zero attached hydrogens (tertiary/aromatic N) is 3. The van der Waals surface area contributed by atoms with Gasteiger partial charge in [0.05, 0.1) is 6.04 Å². The number of nitrogens with one attached hydrogen (secondary N) is 1. The number of anilines is 3. The standard InChI is InChI=1S/C23H30N4O2/c1-2-3-4-21-17-24-23(29)27(21)20-7-5-18(6-8-20)25-13-15-26(16-14-25)19-9-11-22(28)12-10-19/h5-12,21,28H,2-4,13-17H2,1H3,(H,24,29). The van der Waals surface area contributed by atoms with Gasteiger partial charge < -0.3 is 20.2 Å². The Morgan fingerprint density at radius 2 is 1.41 bits per heavy atom. The summed E-state index contributed by atoms with van der Waals surface area (Å²) in [4.78, 5) is 19.0. The van der Waals surface area contributed by atoms with Gasteiger partial charge in [-0.05, 0) is 55.0 Å². The van der Waals surface area contributed by atoms with Crippen molar-refractivity contribution in [3.63, 3.8) is 0 Å². The van der Waals surface area contributed by atoms with Crippen LogP contribution in [-0.4, -0.2) is 49.9 Å². The van der Waals surface area contributed by atoms with Gasteiger partial charge in [0.15, 0.2) is 0 Å². The number of hydrogen-bond acceptors (Lipinski definition) is 4. The zero-order valence-corrected chi connectivity index (χ0v) is 17.1. The number of unbranched alkanes of at least 4 members (excludes halogenated alkanes) is 1. The molecule has 6 nitrogen and oxygen atoms in total. The summed E-state index contributed by atoms with van der Waals surface area (Å²) in [5.74, 6) is 0.302. The summed E-state index contributed by atoms with van der Waals surface area (Å²) in [6, 6.07) is 16.1. The number of benzene rings is 2. The van der Waals surface area contributed by atoms with Gasteiger partial charge in [-0.1, -0.05) is 19.8 Å². The Morgan fingerprint density at radius 1 is 0.897 bits per heavy atom. The second-order valence-electron chi connectivity index (χ2n) is 7.86. The van der Waals surface area contributed by atoms with E-state index in [-0.39, 0.29) is 12.1 Å². The first-order valence-electron chi connectivity index (χ1n) is 10.6. The Labute approximate surface area is 172 Å². The van der Waals surface area contributed by atoms with Crippen molar-refractivity contribution in [1.29, 1.82) is 0 Å². The van der Waals surface area contributed by atoms with Crippen LogP contribution >= 0.6 is 0 Å². The molecule has 2 aliphatic rings. The predicted molar refractivity (Wildman–Crippen MR) is 118 cm³/mol. The molecule has 0 radical (unpaired) electrons. The summed E-state index contributed by atoms with van der Waals surface area (Å²) < 4.78 is 0. The smallest absolute Gasteiger partial charge is 0.322 e. The maximum atomic E-state index is 12.3. The van der Waals surface area contributed by atoms with E-state index in [1.807, 2.05) is 17.0 Å². The van der Waals surface area contributed by atoms with Crippen LogP contribution in [0.15, 0.2) is 48.5 Å². The Hall–Kier alpha value is -2.89. The first-order chi connectivity index (χ1) is 14.2. The molecule has 1 unspecified atom stereocenters. The fourth-order valence-electron chi connectivity index (χ4n) is 4.26. The molecular formula is C23H30N4O2. The van der Waals surface area contributed by atoms with Gasteiger partial charge in [-0.15, -0.1) is 0 Å². The van der Waals surface area contributed by atoms with E-state index in [9.17, 15) is 9.90 Å². The Bertz CT molecular complexity index is 814. The highest BCUT2D eigenvalue weighted by molar-refractivity contribution is 5.95. The molecule has 0 saturated carbocycles. The van der Waals surface area contributed by atoms with Crippen LogP contribution in [0.25, 0.3) is 0 Å². The SMILES string of the molecule is CCCCC1CNC(=O)N1c1ccc(N2CCN(c3ccc(O)cc3)CC2)cc1. The van der Waals surface area contributed by atoms with Crippen LogP contribution in [0.2, 0.25) is 0 Å². The number of rotatable bonds is 6. The Morgan fingerprint density at radius 3 is 1.97 bits per heavy atom. The normalized spacial score (nSPS) is 19.6. The molecule has 2 fully saturated rings. The molecule has 2 amide bonds. The van der Waals surface area contributed by atoms with Crippen molar-refractivity contribution in [2.45, 2.75) is 32.2 Å². The molecule has 2 aromatic rings. The fourth-order valence-corrected chi connectivity index (χ4v) is 4.26. The lowest BCUT2D eigenvalue weighted by molar-refractivity contribution is 0.251. The summed E-state index contributed by atoms with van der Waals surface area (Å²) in [5, 5.41) is 12.5. The van der Waals surface area contributed by atoms with E-state index in [0.29, 0.717) is 5.75 Å². The summed E-state index contributed by atoms with van der Waals surface area (Å²) in [5.41, 5.74) is 3.33. The fraction of sp³-hybridized carbons (Fsp3) is 0.435. The minimum Gasteiger partial charge on any atom is -0.508 e. The molecule has 2 N–H and O–H groups in total. The van der Waals surface area contributed by atoms with Gasteiger partial charge in [0, 0.05) is 49.8 Å². The van der Waals surface area contributed by atoms with Crippen LogP contribution in [0.5, 0.6) is 5.75 Å². The van der Waals surface area contributed by atoms with E-state index < -0.39 is 0 Å². The zero-order chi connectivity index (χ0) is 20.2. The summed E-state index contributed by atoms with van der Waals surface area (Å²) in [7, 11) is 0. The van der Waals surface area contributed by atoms with E-state index >= 15 is 0 Å². The van der Waals surface area contributed by atoms with Gasteiger partial charge in [0.1, 0.15) is 5.75 Å². The van der Waals surface area contributed by atoms with E-state index in [2.05, 4.69) is 46.3 Å². The second-order valence-corrected chi connectivity index (χ2v) is 7.86. The molecule has 4 rings (SSSR count). The van der Waals surface area contributed by atoms with Crippen molar-refractivity contribution < 1.29 is 9.90 Å². The van der Waals surface area contributed by atoms with E-state index in [4.69, 9.17) is 0 Å². The topological polar surface area (TPSA) is 59.1 Å². The quantitative estimate of drug-likeness (QED) is 0.782. The number of carbonyl (C=O) groups is 1. The van der Waals surface area contributed by atoms with Crippen LogP contribution < -0.4 is 20.0 Å². The van der Waals surface area contributed by atoms with Crippen molar-refractivity contribution in [3.8, 4) is 5.75 Å². The van der Waals surface area contributed by atoms with Crippen molar-refractivity contribution >= 4 is 23.1 Å². The summed E-state index contributed by atoms with van der Waals surface area (Å²) in [6.45, 7) is 6.71. The molecular weight excluding hydrogens is 364 g/mol. The number of aromatic hydroxyl groups is 1. The minimum absolute atomic E-state index is 0.0152. The third-order valence-electron chi connectivity index (χ3n) is 5.95. The minimum atomic E-state index is 0.0152. The van der Waals surface area contributed by atoms with Crippen LogP contribution in [-0.2, 0) is 0 Å². The molecule has 0 aromatic heterocycles. The third kappa shape index (κ3) is 4.26. The maximum absolute atomic E-state index is 12.3. The molecule has 2 heterocycles. The number of hydrogen-bond donors (Lipinski definition) is 2. The first kappa shape index (κ1) is 19.4.